The number of aromatic carboxylic acids is 1. The minimum absolute atomic E-state index is 0.0647. The summed E-state index contributed by atoms with van der Waals surface area (Å²) in [6.45, 7) is 0. The lowest BCUT2D eigenvalue weighted by Crippen LogP contribution is -2.17. The van der Waals surface area contributed by atoms with Crippen LogP contribution in [-0.2, 0) is 6.18 Å². The van der Waals surface area contributed by atoms with E-state index in [1.165, 1.54) is 24.3 Å². The molecule has 0 atom stereocenters. The molecule has 3 aromatic rings. The van der Waals surface area contributed by atoms with Crippen molar-refractivity contribution in [2.75, 3.05) is 0 Å². The van der Waals surface area contributed by atoms with Crippen molar-refractivity contribution in [2.24, 2.45) is 0 Å². The standard InChI is InChI=1S/C14H7BF3N3O2/c15-11-5-4-7-9(20-11)2-1-3-10(7)21-12(14(16,17)18)8(6-19-21)13(22)23/h1-6H,(H,22,23). The molecule has 0 aliphatic carbocycles. The van der Waals surface area contributed by atoms with Gasteiger partial charge in [0.15, 0.2) is 5.69 Å². The Morgan fingerprint density at radius 1 is 1.22 bits per heavy atom. The highest BCUT2D eigenvalue weighted by atomic mass is 19.4. The van der Waals surface area contributed by atoms with Crippen molar-refractivity contribution in [3.05, 3.63) is 47.8 Å². The third-order valence-electron chi connectivity index (χ3n) is 3.23. The second kappa shape index (κ2) is 5.11. The van der Waals surface area contributed by atoms with Gasteiger partial charge in [0.25, 0.3) is 0 Å². The molecule has 1 N–H and O–H groups in total. The number of carbonyl (C=O) groups is 1. The largest absolute Gasteiger partial charge is 0.478 e. The van der Waals surface area contributed by atoms with E-state index in [0.717, 1.165) is 0 Å². The molecule has 3 rings (SSSR count). The van der Waals surface area contributed by atoms with Crippen LogP contribution in [-0.4, -0.2) is 33.7 Å². The summed E-state index contributed by atoms with van der Waals surface area (Å²) in [5, 5.41) is 12.9. The van der Waals surface area contributed by atoms with Crippen LogP contribution < -0.4 is 5.59 Å². The van der Waals surface area contributed by atoms with Crippen molar-refractivity contribution in [3.8, 4) is 5.69 Å². The number of aromatic nitrogens is 3. The van der Waals surface area contributed by atoms with Crippen LogP contribution in [0.1, 0.15) is 16.1 Å². The van der Waals surface area contributed by atoms with Crippen LogP contribution in [0.5, 0.6) is 0 Å². The molecule has 0 saturated heterocycles. The van der Waals surface area contributed by atoms with Gasteiger partial charge in [-0.2, -0.15) is 18.3 Å². The van der Waals surface area contributed by atoms with Gasteiger partial charge in [-0.15, -0.1) is 0 Å². The number of pyridine rings is 1. The van der Waals surface area contributed by atoms with Crippen LogP contribution in [0.4, 0.5) is 13.2 Å². The number of carboxylic acids is 1. The molecule has 0 amide bonds. The molecule has 0 aliphatic rings. The van der Waals surface area contributed by atoms with Crippen molar-refractivity contribution in [3.63, 3.8) is 0 Å². The molecule has 23 heavy (non-hydrogen) atoms. The van der Waals surface area contributed by atoms with E-state index < -0.39 is 23.4 Å². The monoisotopic (exact) mass is 317 g/mol. The fraction of sp³-hybridized carbons (Fsp3) is 0.0714. The van der Waals surface area contributed by atoms with Gasteiger partial charge in [-0.1, -0.05) is 12.1 Å². The Morgan fingerprint density at radius 3 is 2.61 bits per heavy atom. The molecule has 0 bridgehead atoms. The van der Waals surface area contributed by atoms with E-state index >= 15 is 0 Å². The number of hydrogen-bond donors (Lipinski definition) is 1. The summed E-state index contributed by atoms with van der Waals surface area (Å²) in [7, 11) is 5.56. The first-order valence-electron chi connectivity index (χ1n) is 6.33. The van der Waals surface area contributed by atoms with Crippen molar-refractivity contribution >= 4 is 30.3 Å². The smallest absolute Gasteiger partial charge is 0.434 e. The lowest BCUT2D eigenvalue weighted by atomic mass is 10.0. The molecule has 0 unspecified atom stereocenters. The maximum atomic E-state index is 13.3. The van der Waals surface area contributed by atoms with Gasteiger partial charge in [0.2, 0.25) is 0 Å². The molecule has 114 valence electrons. The third-order valence-corrected chi connectivity index (χ3v) is 3.23. The van der Waals surface area contributed by atoms with Crippen LogP contribution in [0.15, 0.2) is 36.5 Å². The predicted molar refractivity (Wildman–Crippen MR) is 76.2 cm³/mol. The van der Waals surface area contributed by atoms with Crippen LogP contribution in [0.3, 0.4) is 0 Å². The van der Waals surface area contributed by atoms with Gasteiger partial charge in [-0.05, 0) is 23.8 Å². The van der Waals surface area contributed by atoms with Crippen LogP contribution in [0.25, 0.3) is 16.6 Å². The number of rotatable bonds is 2. The van der Waals surface area contributed by atoms with Crippen molar-refractivity contribution in [1.82, 2.24) is 14.8 Å². The van der Waals surface area contributed by atoms with Gasteiger partial charge in [0, 0.05) is 5.39 Å². The molecule has 1 aromatic carbocycles. The summed E-state index contributed by atoms with van der Waals surface area (Å²) < 4.78 is 40.4. The minimum Gasteiger partial charge on any atom is -0.478 e. The quantitative estimate of drug-likeness (QED) is 0.734. The van der Waals surface area contributed by atoms with Gasteiger partial charge in [0.1, 0.15) is 13.4 Å². The van der Waals surface area contributed by atoms with Gasteiger partial charge >= 0.3 is 12.1 Å². The Hall–Kier alpha value is -2.84. The first-order valence-corrected chi connectivity index (χ1v) is 6.33. The lowest BCUT2D eigenvalue weighted by molar-refractivity contribution is -0.143. The molecule has 2 aromatic heterocycles. The highest BCUT2D eigenvalue weighted by Crippen LogP contribution is 2.34. The van der Waals surface area contributed by atoms with Gasteiger partial charge in [-0.3, -0.25) is 4.98 Å². The van der Waals surface area contributed by atoms with Crippen LogP contribution >= 0.6 is 0 Å². The number of nitrogens with zero attached hydrogens (tertiary/aromatic N) is 3. The molecule has 2 heterocycles. The Kier molecular flexibility index (Phi) is 3.35. The van der Waals surface area contributed by atoms with E-state index in [1.807, 2.05) is 0 Å². The van der Waals surface area contributed by atoms with E-state index in [4.69, 9.17) is 13.0 Å². The van der Waals surface area contributed by atoms with Crippen LogP contribution in [0.2, 0.25) is 0 Å². The summed E-state index contributed by atoms with van der Waals surface area (Å²) in [4.78, 5) is 15.1. The molecule has 0 fully saturated rings. The Labute approximate surface area is 128 Å². The zero-order valence-electron chi connectivity index (χ0n) is 11.4. The normalized spacial score (nSPS) is 11.8. The molecule has 5 nitrogen and oxygen atoms in total. The molecule has 0 saturated carbocycles. The van der Waals surface area contributed by atoms with Crippen molar-refractivity contribution in [2.45, 2.75) is 6.18 Å². The summed E-state index contributed by atoms with van der Waals surface area (Å²) in [5.41, 5.74) is -1.61. The maximum absolute atomic E-state index is 13.3. The number of alkyl halides is 3. The van der Waals surface area contributed by atoms with Gasteiger partial charge in [0.05, 0.1) is 17.4 Å². The highest BCUT2D eigenvalue weighted by Gasteiger charge is 2.40. The second-order valence-electron chi connectivity index (χ2n) is 4.70. The first-order chi connectivity index (χ1) is 10.8. The van der Waals surface area contributed by atoms with Gasteiger partial charge in [-0.25, -0.2) is 9.48 Å². The number of benzene rings is 1. The number of carboxylic acid groups (broad SMARTS) is 1. The predicted octanol–water partition coefficient (Wildman–Crippen LogP) is 1.93. The summed E-state index contributed by atoms with van der Waals surface area (Å²) in [5.74, 6) is -1.70. The number of fused-ring (bicyclic) bond motifs is 1. The Morgan fingerprint density at radius 2 is 1.96 bits per heavy atom. The summed E-state index contributed by atoms with van der Waals surface area (Å²) >= 11 is 0. The zero-order chi connectivity index (χ0) is 16.8. The fourth-order valence-electron chi connectivity index (χ4n) is 2.30. The third kappa shape index (κ3) is 2.54. The van der Waals surface area contributed by atoms with E-state index in [-0.39, 0.29) is 11.3 Å². The molecular formula is C14H7BF3N3O2. The van der Waals surface area contributed by atoms with E-state index in [9.17, 15) is 18.0 Å². The lowest BCUT2D eigenvalue weighted by Gasteiger charge is -2.13. The molecule has 0 aliphatic heterocycles. The first kappa shape index (κ1) is 15.1. The number of hydrogen-bond acceptors (Lipinski definition) is 3. The highest BCUT2D eigenvalue weighted by molar-refractivity contribution is 6.31. The van der Waals surface area contributed by atoms with Crippen molar-refractivity contribution < 1.29 is 23.1 Å². The molecular weight excluding hydrogens is 310 g/mol. The second-order valence-corrected chi connectivity index (χ2v) is 4.70. The molecule has 0 spiro atoms. The summed E-state index contributed by atoms with van der Waals surface area (Å²) in [6, 6.07) is 7.43. The zero-order valence-corrected chi connectivity index (χ0v) is 11.4. The van der Waals surface area contributed by atoms with Crippen molar-refractivity contribution in [1.29, 1.82) is 0 Å². The minimum atomic E-state index is -4.88. The fourth-order valence-corrected chi connectivity index (χ4v) is 2.30. The van der Waals surface area contributed by atoms with E-state index in [2.05, 4.69) is 10.1 Å². The molecule has 2 radical (unpaired) electrons. The Bertz CT molecular complexity index is 921. The van der Waals surface area contributed by atoms with E-state index in [1.54, 1.807) is 6.07 Å². The molecule has 9 heteroatoms. The average Bonchev–Trinajstić information content (AvgIpc) is 2.91. The van der Waals surface area contributed by atoms with Crippen LogP contribution in [0, 0.1) is 0 Å². The SMILES string of the molecule is [B]c1ccc2c(-n3ncc(C(=O)O)c3C(F)(F)F)cccc2n1. The van der Waals surface area contributed by atoms with Gasteiger partial charge < -0.3 is 5.11 Å². The topological polar surface area (TPSA) is 68.0 Å². The van der Waals surface area contributed by atoms with E-state index in [0.29, 0.717) is 21.8 Å². The summed E-state index contributed by atoms with van der Waals surface area (Å²) in [6.07, 6.45) is -4.21. The maximum Gasteiger partial charge on any atom is 0.434 e. The average molecular weight is 317 g/mol. The number of halogens is 3. The Balaban J connectivity index is 2.34.